The van der Waals surface area contributed by atoms with Gasteiger partial charge in [-0.25, -0.2) is 0 Å². The van der Waals surface area contributed by atoms with Crippen molar-refractivity contribution in [2.24, 2.45) is 0 Å². The molecule has 22 heavy (non-hydrogen) atoms. The van der Waals surface area contributed by atoms with Crippen LogP contribution in [-0.4, -0.2) is 60.4 Å². The highest BCUT2D eigenvalue weighted by Gasteiger charge is 2.32. The molecule has 118 valence electrons. The zero-order valence-corrected chi connectivity index (χ0v) is 13.3. The average Bonchev–Trinajstić information content (AvgIpc) is 2.97. The Bertz CT molecular complexity index is 579. The lowest BCUT2D eigenvalue weighted by atomic mass is 10.1. The fraction of sp³-hybridized carbons (Fsp3) is 0.529. The second-order valence-corrected chi connectivity index (χ2v) is 6.09. The van der Waals surface area contributed by atoms with Crippen molar-refractivity contribution >= 4 is 17.5 Å². The predicted octanol–water partition coefficient (Wildman–Crippen LogP) is 1.13. The Balaban J connectivity index is 1.65. The summed E-state index contributed by atoms with van der Waals surface area (Å²) in [6.45, 7) is 7.31. The second kappa shape index (κ2) is 6.08. The summed E-state index contributed by atoms with van der Waals surface area (Å²) >= 11 is 0. The molecule has 0 spiro atoms. The largest absolute Gasteiger partial charge is 0.340 e. The first kappa shape index (κ1) is 15.0. The lowest BCUT2D eigenvalue weighted by molar-refractivity contribution is -0.131. The molecule has 2 aliphatic rings. The highest BCUT2D eigenvalue weighted by Crippen LogP contribution is 2.28. The number of hydrogen-bond donors (Lipinski definition) is 0. The zero-order chi connectivity index (χ0) is 15.7. The van der Waals surface area contributed by atoms with Crippen molar-refractivity contribution in [1.29, 1.82) is 0 Å². The minimum absolute atomic E-state index is 0.118. The maximum Gasteiger partial charge on any atom is 0.244 e. The highest BCUT2D eigenvalue weighted by atomic mass is 16.2. The number of anilines is 1. The topological polar surface area (TPSA) is 43.9 Å². The van der Waals surface area contributed by atoms with E-state index < -0.39 is 0 Å². The van der Waals surface area contributed by atoms with Crippen LogP contribution in [0.1, 0.15) is 19.4 Å². The third-order valence-electron chi connectivity index (χ3n) is 4.82. The first-order valence-corrected chi connectivity index (χ1v) is 7.97. The van der Waals surface area contributed by atoms with Crippen molar-refractivity contribution in [1.82, 2.24) is 9.80 Å². The average molecular weight is 301 g/mol. The molecular weight excluding hydrogens is 278 g/mol. The van der Waals surface area contributed by atoms with Gasteiger partial charge in [0.15, 0.2) is 0 Å². The summed E-state index contributed by atoms with van der Waals surface area (Å²) in [5, 5.41) is 0. The summed E-state index contributed by atoms with van der Waals surface area (Å²) < 4.78 is 0. The van der Waals surface area contributed by atoms with Crippen molar-refractivity contribution in [2.45, 2.75) is 26.3 Å². The number of amides is 2. The Hall–Kier alpha value is -1.88. The number of nitrogens with zero attached hydrogens (tertiary/aromatic N) is 3. The van der Waals surface area contributed by atoms with Gasteiger partial charge in [-0.05, 0) is 25.0 Å². The van der Waals surface area contributed by atoms with E-state index in [0.717, 1.165) is 31.7 Å². The van der Waals surface area contributed by atoms with E-state index in [9.17, 15) is 9.59 Å². The Morgan fingerprint density at radius 1 is 1.05 bits per heavy atom. The number of carbonyl (C=O) groups excluding carboxylic acids is 2. The normalized spacial score (nSPS) is 19.9. The van der Waals surface area contributed by atoms with Crippen LogP contribution in [-0.2, 0) is 16.0 Å². The zero-order valence-electron chi connectivity index (χ0n) is 13.3. The quantitative estimate of drug-likeness (QED) is 0.822. The van der Waals surface area contributed by atoms with Crippen LogP contribution in [0.2, 0.25) is 0 Å². The van der Waals surface area contributed by atoms with E-state index in [-0.39, 0.29) is 17.9 Å². The molecular formula is C17H23N3O2. The molecule has 0 aliphatic carbocycles. The molecule has 0 N–H and O–H groups in total. The molecule has 2 amide bonds. The number of piperazine rings is 1. The van der Waals surface area contributed by atoms with Crippen molar-refractivity contribution in [3.63, 3.8) is 0 Å². The Labute approximate surface area is 131 Å². The third-order valence-corrected chi connectivity index (χ3v) is 4.82. The van der Waals surface area contributed by atoms with Crippen LogP contribution in [0.15, 0.2) is 24.3 Å². The van der Waals surface area contributed by atoms with Crippen molar-refractivity contribution in [3.8, 4) is 0 Å². The molecule has 1 fully saturated rings. The molecule has 1 aromatic rings. The number of benzene rings is 1. The summed E-state index contributed by atoms with van der Waals surface area (Å²) in [4.78, 5) is 30.2. The molecule has 2 aliphatic heterocycles. The van der Waals surface area contributed by atoms with Gasteiger partial charge in [0.25, 0.3) is 0 Å². The minimum atomic E-state index is -0.139. The van der Waals surface area contributed by atoms with E-state index in [4.69, 9.17) is 0 Å². The standard InChI is InChI=1S/C17H23N3O2/c1-13(18-9-11-19(12-10-18)14(2)21)17(22)20-8-7-15-5-3-4-6-16(15)20/h3-6,13H,7-12H2,1-2H3. The fourth-order valence-electron chi connectivity index (χ4n) is 3.37. The van der Waals surface area contributed by atoms with E-state index in [0.29, 0.717) is 13.1 Å². The molecule has 1 atom stereocenters. The van der Waals surface area contributed by atoms with E-state index in [1.807, 2.05) is 34.9 Å². The first-order chi connectivity index (χ1) is 10.6. The molecule has 1 saturated heterocycles. The van der Waals surface area contributed by atoms with Crippen molar-refractivity contribution < 1.29 is 9.59 Å². The third kappa shape index (κ3) is 2.73. The molecule has 1 aromatic carbocycles. The Kier molecular flexibility index (Phi) is 4.16. The molecule has 5 heteroatoms. The minimum Gasteiger partial charge on any atom is -0.340 e. The number of para-hydroxylation sites is 1. The number of rotatable bonds is 2. The van der Waals surface area contributed by atoms with Gasteiger partial charge < -0.3 is 9.80 Å². The van der Waals surface area contributed by atoms with Crippen LogP contribution in [0.4, 0.5) is 5.69 Å². The van der Waals surface area contributed by atoms with Crippen molar-refractivity contribution in [3.05, 3.63) is 29.8 Å². The fourth-order valence-corrected chi connectivity index (χ4v) is 3.37. The van der Waals surface area contributed by atoms with Gasteiger partial charge in [-0.3, -0.25) is 14.5 Å². The second-order valence-electron chi connectivity index (χ2n) is 6.09. The van der Waals surface area contributed by atoms with Crippen LogP contribution < -0.4 is 4.90 Å². The van der Waals surface area contributed by atoms with E-state index in [1.54, 1.807) is 6.92 Å². The molecule has 0 saturated carbocycles. The van der Waals surface area contributed by atoms with Crippen molar-refractivity contribution in [2.75, 3.05) is 37.6 Å². The van der Waals surface area contributed by atoms with Crippen LogP contribution in [0.5, 0.6) is 0 Å². The molecule has 0 bridgehead atoms. The molecule has 3 rings (SSSR count). The summed E-state index contributed by atoms with van der Waals surface area (Å²) in [5.41, 5.74) is 2.31. The van der Waals surface area contributed by atoms with E-state index in [1.165, 1.54) is 5.56 Å². The van der Waals surface area contributed by atoms with E-state index in [2.05, 4.69) is 11.0 Å². The summed E-state index contributed by atoms with van der Waals surface area (Å²) in [6, 6.07) is 8.00. The molecule has 1 unspecified atom stereocenters. The van der Waals surface area contributed by atoms with Gasteiger partial charge in [0.05, 0.1) is 6.04 Å². The van der Waals surface area contributed by atoms with Crippen LogP contribution in [0.25, 0.3) is 0 Å². The SMILES string of the molecule is CC(=O)N1CCN(C(C)C(=O)N2CCc3ccccc32)CC1. The van der Waals surface area contributed by atoms with Gasteiger partial charge in [-0.1, -0.05) is 18.2 Å². The molecule has 0 aromatic heterocycles. The smallest absolute Gasteiger partial charge is 0.244 e. The van der Waals surface area contributed by atoms with Gasteiger partial charge in [0.2, 0.25) is 11.8 Å². The predicted molar refractivity (Wildman–Crippen MR) is 85.8 cm³/mol. The van der Waals surface area contributed by atoms with Crippen LogP contribution in [0.3, 0.4) is 0 Å². The molecule has 5 nitrogen and oxygen atoms in total. The Morgan fingerprint density at radius 3 is 2.41 bits per heavy atom. The summed E-state index contributed by atoms with van der Waals surface area (Å²) in [6.07, 6.45) is 0.937. The van der Waals surface area contributed by atoms with Crippen LogP contribution in [0, 0.1) is 0 Å². The van der Waals surface area contributed by atoms with Gasteiger partial charge in [0.1, 0.15) is 0 Å². The number of fused-ring (bicyclic) bond motifs is 1. The van der Waals surface area contributed by atoms with Crippen LogP contribution >= 0.6 is 0 Å². The molecule has 2 heterocycles. The number of hydrogen-bond acceptors (Lipinski definition) is 3. The van der Waals surface area contributed by atoms with Gasteiger partial charge in [-0.15, -0.1) is 0 Å². The maximum atomic E-state index is 12.8. The van der Waals surface area contributed by atoms with Gasteiger partial charge in [0, 0.05) is 45.3 Å². The Morgan fingerprint density at radius 2 is 1.73 bits per heavy atom. The van der Waals surface area contributed by atoms with Gasteiger partial charge in [-0.2, -0.15) is 0 Å². The summed E-state index contributed by atoms with van der Waals surface area (Å²) in [5.74, 6) is 0.285. The first-order valence-electron chi connectivity index (χ1n) is 7.97. The van der Waals surface area contributed by atoms with E-state index >= 15 is 0 Å². The molecule has 0 radical (unpaired) electrons. The lowest BCUT2D eigenvalue weighted by Gasteiger charge is -2.38. The maximum absolute atomic E-state index is 12.8. The lowest BCUT2D eigenvalue weighted by Crippen LogP contribution is -2.55. The monoisotopic (exact) mass is 301 g/mol. The number of carbonyl (C=O) groups is 2. The highest BCUT2D eigenvalue weighted by molar-refractivity contribution is 5.98. The summed E-state index contributed by atoms with van der Waals surface area (Å²) in [7, 11) is 0. The van der Waals surface area contributed by atoms with Gasteiger partial charge >= 0.3 is 0 Å².